The molecule has 0 aromatic heterocycles. The zero-order valence-electron chi connectivity index (χ0n) is 16.4. The molecule has 6 nitrogen and oxygen atoms in total. The molecule has 0 fully saturated rings. The number of rotatable bonds is 5. The number of fused-ring (bicyclic) bond motifs is 2. The van der Waals surface area contributed by atoms with Crippen LogP contribution in [0, 0.1) is 0 Å². The minimum absolute atomic E-state index is 0.0743. The highest BCUT2D eigenvalue weighted by molar-refractivity contribution is 5.78. The smallest absolute Gasteiger partial charge is 0.258 e. The van der Waals surface area contributed by atoms with Crippen molar-refractivity contribution in [2.24, 2.45) is 0 Å². The molecule has 6 heteroatoms. The van der Waals surface area contributed by atoms with Gasteiger partial charge in [0.05, 0.1) is 6.04 Å². The van der Waals surface area contributed by atoms with E-state index in [-0.39, 0.29) is 24.2 Å². The van der Waals surface area contributed by atoms with E-state index in [1.807, 2.05) is 57.2 Å². The Morgan fingerprint density at radius 3 is 2.79 bits per heavy atom. The van der Waals surface area contributed by atoms with Crippen molar-refractivity contribution in [2.75, 3.05) is 19.8 Å². The van der Waals surface area contributed by atoms with E-state index in [1.165, 1.54) is 0 Å². The first-order valence-corrected chi connectivity index (χ1v) is 9.54. The monoisotopic (exact) mass is 383 g/mol. The summed E-state index contributed by atoms with van der Waals surface area (Å²) in [7, 11) is 0. The molecule has 0 saturated carbocycles. The number of benzene rings is 2. The van der Waals surface area contributed by atoms with E-state index in [4.69, 9.17) is 18.9 Å². The summed E-state index contributed by atoms with van der Waals surface area (Å²) >= 11 is 0. The van der Waals surface area contributed by atoms with Crippen molar-refractivity contribution in [3.05, 3.63) is 47.5 Å². The Morgan fingerprint density at radius 2 is 1.96 bits per heavy atom. The summed E-state index contributed by atoms with van der Waals surface area (Å²) in [5.74, 6) is 2.58. The topological polar surface area (TPSA) is 66.0 Å². The lowest BCUT2D eigenvalue weighted by Gasteiger charge is -2.21. The number of hydrogen-bond donors (Lipinski definition) is 1. The minimum Gasteiger partial charge on any atom is -0.486 e. The molecule has 28 heavy (non-hydrogen) atoms. The van der Waals surface area contributed by atoms with Crippen molar-refractivity contribution < 1.29 is 23.7 Å². The molecule has 4 rings (SSSR count). The van der Waals surface area contributed by atoms with Crippen LogP contribution in [0.3, 0.4) is 0 Å². The maximum Gasteiger partial charge on any atom is 0.258 e. The summed E-state index contributed by atoms with van der Waals surface area (Å²) in [6.07, 6.45) is 0.826. The fourth-order valence-electron chi connectivity index (χ4n) is 3.54. The van der Waals surface area contributed by atoms with Gasteiger partial charge in [0.15, 0.2) is 29.6 Å². The third kappa shape index (κ3) is 3.86. The zero-order valence-corrected chi connectivity index (χ0v) is 16.4. The van der Waals surface area contributed by atoms with Crippen LogP contribution in [-0.2, 0) is 11.2 Å². The van der Waals surface area contributed by atoms with Crippen LogP contribution in [0.1, 0.15) is 37.9 Å². The molecular formula is C22H25NO5. The third-order valence-electron chi connectivity index (χ3n) is 4.86. The molecule has 0 bridgehead atoms. The first-order valence-electron chi connectivity index (χ1n) is 9.54. The first kappa shape index (κ1) is 18.5. The van der Waals surface area contributed by atoms with Crippen molar-refractivity contribution in [3.8, 4) is 23.0 Å². The SMILES string of the molecule is CC(NC(=O)COc1cccc2c1OC(C)(C)C2)c1ccc2c(c1)OCCO2. The molecule has 2 aliphatic heterocycles. The second-order valence-corrected chi connectivity index (χ2v) is 7.76. The van der Waals surface area contributed by atoms with Crippen molar-refractivity contribution in [1.29, 1.82) is 0 Å². The van der Waals surface area contributed by atoms with Gasteiger partial charge in [0.2, 0.25) is 0 Å². The van der Waals surface area contributed by atoms with E-state index in [0.717, 1.165) is 29.0 Å². The number of amides is 1. The molecule has 1 N–H and O–H groups in total. The molecule has 2 aliphatic rings. The van der Waals surface area contributed by atoms with E-state index < -0.39 is 0 Å². The lowest BCUT2D eigenvalue weighted by Crippen LogP contribution is -2.31. The lowest BCUT2D eigenvalue weighted by atomic mass is 10.0. The molecule has 2 aromatic carbocycles. The van der Waals surface area contributed by atoms with Gasteiger partial charge in [-0.05, 0) is 44.5 Å². The predicted octanol–water partition coefficient (Wildman–Crippen LogP) is 3.43. The average Bonchev–Trinajstić information content (AvgIpc) is 3.00. The quantitative estimate of drug-likeness (QED) is 0.857. The van der Waals surface area contributed by atoms with Crippen molar-refractivity contribution in [3.63, 3.8) is 0 Å². The van der Waals surface area contributed by atoms with Crippen LogP contribution >= 0.6 is 0 Å². The van der Waals surface area contributed by atoms with Crippen molar-refractivity contribution in [1.82, 2.24) is 5.32 Å². The summed E-state index contributed by atoms with van der Waals surface area (Å²) < 4.78 is 22.9. The molecular weight excluding hydrogens is 358 g/mol. The number of nitrogens with one attached hydrogen (secondary N) is 1. The highest BCUT2D eigenvalue weighted by Gasteiger charge is 2.32. The molecule has 1 amide bonds. The molecule has 0 radical (unpaired) electrons. The Kier molecular flexibility index (Phi) is 4.79. The van der Waals surface area contributed by atoms with Crippen LogP contribution in [0.5, 0.6) is 23.0 Å². The van der Waals surface area contributed by atoms with Crippen LogP contribution in [0.4, 0.5) is 0 Å². The van der Waals surface area contributed by atoms with Gasteiger partial charge in [-0.15, -0.1) is 0 Å². The normalized spacial score (nSPS) is 17.2. The average molecular weight is 383 g/mol. The first-order chi connectivity index (χ1) is 13.4. The van der Waals surface area contributed by atoms with E-state index >= 15 is 0 Å². The van der Waals surface area contributed by atoms with Crippen LogP contribution < -0.4 is 24.3 Å². The van der Waals surface area contributed by atoms with E-state index in [9.17, 15) is 4.79 Å². The standard InChI is InChI=1S/C22H25NO5/c1-14(15-7-8-17-19(11-15)26-10-9-25-17)23-20(24)13-27-18-6-4-5-16-12-22(2,3)28-21(16)18/h4-8,11,14H,9-10,12-13H2,1-3H3,(H,23,24). The van der Waals surface area contributed by atoms with E-state index in [1.54, 1.807) is 0 Å². The maximum atomic E-state index is 12.4. The van der Waals surface area contributed by atoms with Crippen LogP contribution in [0.15, 0.2) is 36.4 Å². The van der Waals surface area contributed by atoms with Crippen LogP contribution in [0.2, 0.25) is 0 Å². The molecule has 0 saturated heterocycles. The summed E-state index contributed by atoms with van der Waals surface area (Å²) in [4.78, 5) is 12.4. The van der Waals surface area contributed by atoms with Crippen LogP contribution in [0.25, 0.3) is 0 Å². The molecule has 1 atom stereocenters. The molecule has 148 valence electrons. The second kappa shape index (κ2) is 7.26. The number of ether oxygens (including phenoxy) is 4. The van der Waals surface area contributed by atoms with Crippen LogP contribution in [-0.4, -0.2) is 31.3 Å². The highest BCUT2D eigenvalue weighted by Crippen LogP contribution is 2.41. The third-order valence-corrected chi connectivity index (χ3v) is 4.86. The number of carbonyl (C=O) groups is 1. The van der Waals surface area contributed by atoms with Gasteiger partial charge < -0.3 is 24.3 Å². The Hall–Kier alpha value is -2.89. The van der Waals surface area contributed by atoms with Gasteiger partial charge in [-0.2, -0.15) is 0 Å². The van der Waals surface area contributed by atoms with Gasteiger partial charge in [0, 0.05) is 12.0 Å². The van der Waals surface area contributed by atoms with Crippen molar-refractivity contribution in [2.45, 2.75) is 38.8 Å². The zero-order chi connectivity index (χ0) is 19.7. The summed E-state index contributed by atoms with van der Waals surface area (Å²) in [6.45, 7) is 7.02. The number of carbonyl (C=O) groups excluding carboxylic acids is 1. The number of para-hydroxylation sites is 1. The highest BCUT2D eigenvalue weighted by atomic mass is 16.6. The molecule has 2 aromatic rings. The Bertz CT molecular complexity index is 892. The Morgan fingerprint density at radius 1 is 1.18 bits per heavy atom. The largest absolute Gasteiger partial charge is 0.486 e. The fourth-order valence-corrected chi connectivity index (χ4v) is 3.54. The summed E-state index contributed by atoms with van der Waals surface area (Å²) in [5.41, 5.74) is 1.80. The Labute approximate surface area is 164 Å². The molecule has 0 spiro atoms. The minimum atomic E-state index is -0.253. The van der Waals surface area contributed by atoms with E-state index in [2.05, 4.69) is 5.32 Å². The Balaban J connectivity index is 1.36. The summed E-state index contributed by atoms with van der Waals surface area (Å²) in [6, 6.07) is 11.3. The second-order valence-electron chi connectivity index (χ2n) is 7.76. The molecule has 2 heterocycles. The predicted molar refractivity (Wildman–Crippen MR) is 104 cm³/mol. The van der Waals surface area contributed by atoms with Gasteiger partial charge in [-0.3, -0.25) is 4.79 Å². The lowest BCUT2D eigenvalue weighted by molar-refractivity contribution is -0.123. The summed E-state index contributed by atoms with van der Waals surface area (Å²) in [5, 5.41) is 2.96. The van der Waals surface area contributed by atoms with Gasteiger partial charge in [0.1, 0.15) is 18.8 Å². The fraction of sp³-hybridized carbons (Fsp3) is 0.409. The maximum absolute atomic E-state index is 12.4. The van der Waals surface area contributed by atoms with Gasteiger partial charge in [0.25, 0.3) is 5.91 Å². The van der Waals surface area contributed by atoms with Gasteiger partial charge in [-0.25, -0.2) is 0 Å². The molecule has 1 unspecified atom stereocenters. The van der Waals surface area contributed by atoms with Gasteiger partial charge in [-0.1, -0.05) is 18.2 Å². The van der Waals surface area contributed by atoms with Crippen molar-refractivity contribution >= 4 is 5.91 Å². The number of hydrogen-bond acceptors (Lipinski definition) is 5. The van der Waals surface area contributed by atoms with Gasteiger partial charge >= 0.3 is 0 Å². The molecule has 0 aliphatic carbocycles. The van der Waals surface area contributed by atoms with E-state index in [0.29, 0.717) is 24.7 Å².